The van der Waals surface area contributed by atoms with E-state index >= 15 is 0 Å². The number of piperidine rings is 1. The molecule has 2 aliphatic rings. The van der Waals surface area contributed by atoms with Crippen molar-refractivity contribution in [3.63, 3.8) is 0 Å². The minimum atomic E-state index is -1.23. The molecule has 0 aliphatic carbocycles. The molecule has 1 fully saturated rings. The Morgan fingerprint density at radius 2 is 2.03 bits per heavy atom. The van der Waals surface area contributed by atoms with Crippen LogP contribution in [0.3, 0.4) is 0 Å². The first-order valence-electron chi connectivity index (χ1n) is 11.9. The summed E-state index contributed by atoms with van der Waals surface area (Å²) >= 11 is 0. The maximum atomic E-state index is 12.6. The number of ether oxygens (including phenoxy) is 1. The molecule has 0 radical (unpaired) electrons. The van der Waals surface area contributed by atoms with Crippen molar-refractivity contribution in [3.8, 4) is 5.75 Å². The lowest BCUT2D eigenvalue weighted by molar-refractivity contribution is -0.123. The number of likely N-dealkylation sites (tertiary alicyclic amines) is 1. The number of esters is 1. The van der Waals surface area contributed by atoms with Gasteiger partial charge in [0.15, 0.2) is 0 Å². The molecule has 1 amide bonds. The van der Waals surface area contributed by atoms with E-state index in [-0.39, 0.29) is 11.5 Å². The van der Waals surface area contributed by atoms with E-state index in [2.05, 4.69) is 34.7 Å². The summed E-state index contributed by atoms with van der Waals surface area (Å²) in [6.45, 7) is 9.33. The number of carbonyl (C=O) groups is 2. The van der Waals surface area contributed by atoms with Gasteiger partial charge in [0.2, 0.25) is 5.91 Å². The van der Waals surface area contributed by atoms with E-state index in [1.54, 1.807) is 12.1 Å². The highest BCUT2D eigenvalue weighted by Crippen LogP contribution is 2.30. The average Bonchev–Trinajstić information content (AvgIpc) is 2.79. The van der Waals surface area contributed by atoms with Gasteiger partial charge in [-0.3, -0.25) is 9.69 Å². The number of para-hydroxylation sites is 1. The van der Waals surface area contributed by atoms with Gasteiger partial charge in [0.1, 0.15) is 11.3 Å². The fraction of sp³-hybridized carbons (Fsp3) is 0.652. The summed E-state index contributed by atoms with van der Waals surface area (Å²) in [6, 6.07) is 5.67. The second kappa shape index (κ2) is 12.4. The summed E-state index contributed by atoms with van der Waals surface area (Å²) in [7, 11) is 0.0728. The number of fused-ring (bicyclic) bond motifs is 1. The Morgan fingerprint density at radius 1 is 1.27 bits per heavy atom. The molecule has 2 aliphatic heterocycles. The van der Waals surface area contributed by atoms with Crippen LogP contribution >= 0.6 is 0 Å². The summed E-state index contributed by atoms with van der Waals surface area (Å²) in [4.78, 5) is 26.7. The van der Waals surface area contributed by atoms with Crippen molar-refractivity contribution in [2.45, 2.75) is 45.1 Å². The molecule has 3 rings (SSSR count). The molecular formula is C23H37BN4O5. The van der Waals surface area contributed by atoms with Crippen molar-refractivity contribution < 1.29 is 24.0 Å². The van der Waals surface area contributed by atoms with Gasteiger partial charge >= 0.3 is 13.1 Å². The summed E-state index contributed by atoms with van der Waals surface area (Å²) < 4.78 is 10.4. The maximum absolute atomic E-state index is 12.6. The van der Waals surface area contributed by atoms with E-state index in [9.17, 15) is 14.6 Å². The molecule has 1 saturated heterocycles. The highest BCUT2D eigenvalue weighted by molar-refractivity contribution is 6.47. The molecule has 0 aromatic heterocycles. The Labute approximate surface area is 196 Å². The largest absolute Gasteiger partial charge is 0.547 e. The third kappa shape index (κ3) is 7.43. The van der Waals surface area contributed by atoms with Crippen molar-refractivity contribution in [1.29, 1.82) is 0 Å². The van der Waals surface area contributed by atoms with Gasteiger partial charge in [0.05, 0.1) is 19.6 Å². The molecule has 0 unspecified atom stereocenters. The molecule has 10 heteroatoms. The molecule has 0 spiro atoms. The van der Waals surface area contributed by atoms with Crippen LogP contribution in [-0.4, -0.2) is 87.3 Å². The summed E-state index contributed by atoms with van der Waals surface area (Å²) in [5, 5.41) is 20.2. The van der Waals surface area contributed by atoms with Crippen LogP contribution in [0.4, 0.5) is 0 Å². The number of nitrogens with zero attached hydrogens (tertiary/aromatic N) is 1. The minimum Gasteiger partial charge on any atom is -0.534 e. The van der Waals surface area contributed by atoms with Crippen molar-refractivity contribution in [2.24, 2.45) is 5.92 Å². The number of benzene rings is 1. The molecule has 0 bridgehead atoms. The SMILES string of the molecule is COC(=O)c1cccc2c1OB(O)[C@@H](NC(=O)CN1CCC(CNCCNC(C)C)CC1)C2. The molecule has 9 nitrogen and oxygen atoms in total. The fourth-order valence-corrected chi connectivity index (χ4v) is 4.38. The van der Waals surface area contributed by atoms with E-state index in [1.165, 1.54) is 7.11 Å². The molecule has 182 valence electrons. The highest BCUT2D eigenvalue weighted by atomic mass is 16.5. The zero-order valence-corrected chi connectivity index (χ0v) is 19.9. The lowest BCUT2D eigenvalue weighted by atomic mass is 9.72. The topological polar surface area (TPSA) is 112 Å². The smallest absolute Gasteiger partial charge is 0.534 e. The third-order valence-corrected chi connectivity index (χ3v) is 6.23. The van der Waals surface area contributed by atoms with E-state index in [4.69, 9.17) is 9.39 Å². The lowest BCUT2D eigenvalue weighted by Crippen LogP contribution is -2.55. The van der Waals surface area contributed by atoms with Gasteiger partial charge in [-0.1, -0.05) is 26.0 Å². The molecule has 33 heavy (non-hydrogen) atoms. The molecule has 2 heterocycles. The number of hydrogen-bond donors (Lipinski definition) is 4. The number of hydrogen-bond acceptors (Lipinski definition) is 8. The predicted octanol–water partition coefficient (Wildman–Crippen LogP) is 0.212. The molecule has 0 saturated carbocycles. The molecule has 1 aromatic carbocycles. The highest BCUT2D eigenvalue weighted by Gasteiger charge is 2.38. The summed E-state index contributed by atoms with van der Waals surface area (Å²) in [6.07, 6.45) is 2.51. The van der Waals surface area contributed by atoms with Crippen LogP contribution in [-0.2, 0) is 16.0 Å². The third-order valence-electron chi connectivity index (χ3n) is 6.23. The Bertz CT molecular complexity index is 801. The Hall–Kier alpha value is -2.14. The molecular weight excluding hydrogens is 423 g/mol. The van der Waals surface area contributed by atoms with E-state index in [1.807, 2.05) is 6.07 Å². The van der Waals surface area contributed by atoms with Gasteiger partial charge in [0.25, 0.3) is 0 Å². The van der Waals surface area contributed by atoms with Gasteiger partial charge in [-0.05, 0) is 56.4 Å². The summed E-state index contributed by atoms with van der Waals surface area (Å²) in [5.41, 5.74) is 1.03. The van der Waals surface area contributed by atoms with Crippen LogP contribution < -0.4 is 20.6 Å². The average molecular weight is 460 g/mol. The van der Waals surface area contributed by atoms with Crippen LogP contribution in [0.5, 0.6) is 5.75 Å². The Kier molecular flexibility index (Phi) is 9.55. The normalized spacial score (nSPS) is 19.2. The molecule has 1 atom stereocenters. The second-order valence-corrected chi connectivity index (χ2v) is 9.20. The fourth-order valence-electron chi connectivity index (χ4n) is 4.38. The van der Waals surface area contributed by atoms with Crippen LogP contribution in [0.25, 0.3) is 0 Å². The first-order valence-corrected chi connectivity index (χ1v) is 11.9. The van der Waals surface area contributed by atoms with Crippen molar-refractivity contribution in [3.05, 3.63) is 29.3 Å². The van der Waals surface area contributed by atoms with E-state index in [0.717, 1.165) is 51.1 Å². The van der Waals surface area contributed by atoms with Gasteiger partial charge in [-0.15, -0.1) is 0 Å². The van der Waals surface area contributed by atoms with Crippen LogP contribution in [0.2, 0.25) is 0 Å². The van der Waals surface area contributed by atoms with Crippen LogP contribution in [0.15, 0.2) is 18.2 Å². The standard InChI is InChI=1S/C23H37BN4O5/c1-16(2)26-10-9-25-14-17-7-11-28(12-8-17)15-21(29)27-20-13-18-5-4-6-19(23(30)32-3)22(18)33-24(20)31/h4-6,16-17,20,25-26,31H,7-15H2,1-3H3,(H,27,29)/t20-/m0/s1. The second-order valence-electron chi connectivity index (χ2n) is 9.20. The zero-order chi connectivity index (χ0) is 23.8. The molecule has 1 aromatic rings. The molecule has 4 N–H and O–H groups in total. The number of carbonyl (C=O) groups excluding carboxylic acids is 2. The first kappa shape index (κ1) is 25.5. The van der Waals surface area contributed by atoms with Gasteiger partial charge in [-0.2, -0.15) is 0 Å². The number of amides is 1. The quantitative estimate of drug-likeness (QED) is 0.223. The van der Waals surface area contributed by atoms with Gasteiger partial charge < -0.3 is 30.4 Å². The maximum Gasteiger partial charge on any atom is 0.547 e. The van der Waals surface area contributed by atoms with E-state index < -0.39 is 19.0 Å². The van der Waals surface area contributed by atoms with Crippen LogP contribution in [0, 0.1) is 5.92 Å². The zero-order valence-electron chi connectivity index (χ0n) is 19.9. The Balaban J connectivity index is 1.41. The number of nitrogens with one attached hydrogen (secondary N) is 3. The van der Waals surface area contributed by atoms with Crippen molar-refractivity contribution in [1.82, 2.24) is 20.9 Å². The van der Waals surface area contributed by atoms with E-state index in [0.29, 0.717) is 30.7 Å². The van der Waals surface area contributed by atoms with Gasteiger partial charge in [0, 0.05) is 19.1 Å². The lowest BCUT2D eigenvalue weighted by Gasteiger charge is -2.33. The van der Waals surface area contributed by atoms with Gasteiger partial charge in [-0.25, -0.2) is 4.79 Å². The predicted molar refractivity (Wildman–Crippen MR) is 127 cm³/mol. The summed E-state index contributed by atoms with van der Waals surface area (Å²) in [5.74, 6) is -0.270. The van der Waals surface area contributed by atoms with Crippen molar-refractivity contribution >= 4 is 19.0 Å². The Morgan fingerprint density at radius 3 is 2.73 bits per heavy atom. The minimum absolute atomic E-state index is 0.133. The van der Waals surface area contributed by atoms with Crippen LogP contribution in [0.1, 0.15) is 42.6 Å². The first-order chi connectivity index (χ1) is 15.9. The van der Waals surface area contributed by atoms with Crippen molar-refractivity contribution in [2.75, 3.05) is 46.4 Å². The number of rotatable bonds is 10. The monoisotopic (exact) mass is 460 g/mol. The number of methoxy groups -OCH3 is 1.